The maximum Gasteiger partial charge on any atom is 0.00806 e. The maximum absolute atomic E-state index is 3.45. The van der Waals surface area contributed by atoms with Crippen LogP contribution < -0.4 is 0 Å². The first-order valence-corrected chi connectivity index (χ1v) is 7.56. The van der Waals surface area contributed by atoms with E-state index in [1.165, 1.54) is 27.8 Å². The molecule has 0 nitrogen and oxygen atoms in total. The van der Waals surface area contributed by atoms with E-state index in [2.05, 4.69) is 60.7 Å². The minimum Gasteiger partial charge on any atom is -0.335 e. The number of hydrogen-bond acceptors (Lipinski definition) is 0. The molecule has 0 aliphatic heterocycles. The van der Waals surface area contributed by atoms with Gasteiger partial charge in [-0.25, -0.2) is 0 Å². The van der Waals surface area contributed by atoms with Gasteiger partial charge in [0.25, 0.3) is 0 Å². The van der Waals surface area contributed by atoms with Crippen LogP contribution in [0.3, 0.4) is 0 Å². The van der Waals surface area contributed by atoms with E-state index in [-0.39, 0.29) is 25.8 Å². The zero-order chi connectivity index (χ0) is 14.7. The predicted octanol–water partition coefficient (Wildman–Crippen LogP) is 5.71. The fraction of sp³-hybridized carbons (Fsp3) is 0.190. The molecule has 2 aromatic rings. The molecule has 0 bridgehead atoms. The molecule has 4 rings (SSSR count). The number of hydrogen-bond donors (Lipinski definition) is 0. The Morgan fingerprint density at radius 1 is 1.05 bits per heavy atom. The average Bonchev–Trinajstić information content (AvgIpc) is 3.13. The van der Waals surface area contributed by atoms with Crippen molar-refractivity contribution in [2.45, 2.75) is 26.2 Å². The molecule has 110 valence electrons. The molecule has 0 amide bonds. The second kappa shape index (κ2) is 7.87. The molecule has 0 N–H and O–H groups in total. The molecule has 2 aromatic carbocycles. The van der Waals surface area contributed by atoms with Crippen LogP contribution in [0.1, 0.15) is 37.3 Å². The van der Waals surface area contributed by atoms with Crippen LogP contribution in [0.5, 0.6) is 0 Å². The SMILES string of the molecule is C[CH-]C.[Hf].[c-]1cccc2c1C(C1=CC=CC1)c1ccccc1-2. The average molecular weight is 451 g/mol. The molecule has 2 aliphatic carbocycles. The van der Waals surface area contributed by atoms with E-state index in [4.69, 9.17) is 0 Å². The van der Waals surface area contributed by atoms with E-state index in [9.17, 15) is 0 Å². The van der Waals surface area contributed by atoms with Gasteiger partial charge in [0.1, 0.15) is 0 Å². The zero-order valence-electron chi connectivity index (χ0n) is 13.1. The Morgan fingerprint density at radius 2 is 1.77 bits per heavy atom. The fourth-order valence-electron chi connectivity index (χ4n) is 3.14. The van der Waals surface area contributed by atoms with E-state index in [0.29, 0.717) is 5.92 Å². The van der Waals surface area contributed by atoms with Crippen LogP contribution in [0.4, 0.5) is 0 Å². The molecule has 0 saturated heterocycles. The Hall–Kier alpha value is -1.21. The van der Waals surface area contributed by atoms with E-state index in [1.54, 1.807) is 0 Å². The van der Waals surface area contributed by atoms with Crippen LogP contribution >= 0.6 is 0 Å². The molecule has 0 spiro atoms. The molecule has 2 aliphatic rings. The van der Waals surface area contributed by atoms with Crippen LogP contribution in [0.2, 0.25) is 0 Å². The summed E-state index contributed by atoms with van der Waals surface area (Å²) in [6.45, 7) is 4.00. The maximum atomic E-state index is 3.45. The Bertz CT molecular complexity index is 649. The van der Waals surface area contributed by atoms with Gasteiger partial charge in [-0.05, 0) is 12.0 Å². The molecule has 1 unspecified atom stereocenters. The number of rotatable bonds is 1. The summed E-state index contributed by atoms with van der Waals surface area (Å²) in [6.07, 6.45) is 9.73. The summed E-state index contributed by atoms with van der Waals surface area (Å²) in [5, 5.41) is 0. The van der Waals surface area contributed by atoms with Gasteiger partial charge in [0.15, 0.2) is 0 Å². The van der Waals surface area contributed by atoms with Crippen molar-refractivity contribution >= 4 is 0 Å². The van der Waals surface area contributed by atoms with Crippen molar-refractivity contribution in [3.8, 4) is 11.1 Å². The van der Waals surface area contributed by atoms with Crippen molar-refractivity contribution in [3.05, 3.63) is 89.9 Å². The minimum absolute atomic E-state index is 0. The summed E-state index contributed by atoms with van der Waals surface area (Å²) in [6, 6.07) is 18.5. The first-order valence-electron chi connectivity index (χ1n) is 7.56. The van der Waals surface area contributed by atoms with Crippen molar-refractivity contribution in [2.75, 3.05) is 0 Å². The molecule has 0 aromatic heterocycles. The summed E-state index contributed by atoms with van der Waals surface area (Å²) >= 11 is 0. The van der Waals surface area contributed by atoms with Crippen LogP contribution in [-0.4, -0.2) is 0 Å². The van der Waals surface area contributed by atoms with Gasteiger partial charge in [-0.15, -0.1) is 11.1 Å². The van der Waals surface area contributed by atoms with Gasteiger partial charge in [0.05, 0.1) is 0 Å². The zero-order valence-corrected chi connectivity index (χ0v) is 16.7. The normalized spacial score (nSPS) is 16.8. The van der Waals surface area contributed by atoms with E-state index >= 15 is 0 Å². The van der Waals surface area contributed by atoms with Gasteiger partial charge < -0.3 is 6.42 Å². The Morgan fingerprint density at radius 3 is 2.50 bits per heavy atom. The summed E-state index contributed by atoms with van der Waals surface area (Å²) in [5.41, 5.74) is 7.00. The Balaban J connectivity index is 0.000000411. The van der Waals surface area contributed by atoms with Gasteiger partial charge >= 0.3 is 0 Å². The van der Waals surface area contributed by atoms with E-state index in [0.717, 1.165) is 6.42 Å². The summed E-state index contributed by atoms with van der Waals surface area (Å²) in [4.78, 5) is 0. The monoisotopic (exact) mass is 452 g/mol. The molecule has 0 saturated carbocycles. The van der Waals surface area contributed by atoms with Crippen LogP contribution in [0.15, 0.2) is 66.3 Å². The van der Waals surface area contributed by atoms with Crippen LogP contribution in [0.25, 0.3) is 11.1 Å². The third-order valence-corrected chi connectivity index (χ3v) is 3.91. The largest absolute Gasteiger partial charge is 0.335 e. The predicted molar refractivity (Wildman–Crippen MR) is 90.0 cm³/mol. The standard InChI is InChI=1S/C18H13.C3H7.Hf/c1-2-8-13(7-1)18-16-11-5-3-9-14(16)15-10-4-6-12-17(15)18;1-3-2;/h1-7,9-11,18H,8H2;3H,1-2H3;/q2*-1;. The van der Waals surface area contributed by atoms with Crippen LogP contribution in [0, 0.1) is 12.5 Å². The topological polar surface area (TPSA) is 0 Å². The van der Waals surface area contributed by atoms with Gasteiger partial charge in [-0.2, -0.15) is 38.1 Å². The molecule has 1 heteroatoms. The van der Waals surface area contributed by atoms with Crippen molar-refractivity contribution in [1.29, 1.82) is 0 Å². The van der Waals surface area contributed by atoms with Crippen molar-refractivity contribution in [1.82, 2.24) is 0 Å². The summed E-state index contributed by atoms with van der Waals surface area (Å²) in [5.74, 6) is 0.410. The molecule has 22 heavy (non-hydrogen) atoms. The molecule has 0 radical (unpaired) electrons. The second-order valence-corrected chi connectivity index (χ2v) is 5.47. The Kier molecular flexibility index (Phi) is 6.14. The van der Waals surface area contributed by atoms with E-state index in [1.807, 2.05) is 26.3 Å². The number of benzene rings is 2. The first-order chi connectivity index (χ1) is 10.4. The first kappa shape index (κ1) is 17.1. The molecule has 0 fully saturated rings. The Labute approximate surface area is 152 Å². The summed E-state index contributed by atoms with van der Waals surface area (Å²) in [7, 11) is 0. The second-order valence-electron chi connectivity index (χ2n) is 5.47. The molecule has 1 atom stereocenters. The molecular weight excluding hydrogens is 431 g/mol. The fourth-order valence-corrected chi connectivity index (χ4v) is 3.14. The van der Waals surface area contributed by atoms with Gasteiger partial charge in [-0.1, -0.05) is 53.6 Å². The van der Waals surface area contributed by atoms with Gasteiger partial charge in [0.2, 0.25) is 0 Å². The summed E-state index contributed by atoms with van der Waals surface area (Å²) < 4.78 is 0. The van der Waals surface area contributed by atoms with Crippen LogP contribution in [-0.2, 0) is 25.8 Å². The molecule has 0 heterocycles. The molecular formula is C21H20Hf-2. The smallest absolute Gasteiger partial charge is 0.00806 e. The van der Waals surface area contributed by atoms with E-state index < -0.39 is 0 Å². The van der Waals surface area contributed by atoms with Crippen molar-refractivity contribution in [2.24, 2.45) is 0 Å². The van der Waals surface area contributed by atoms with Crippen molar-refractivity contribution < 1.29 is 25.8 Å². The number of fused-ring (bicyclic) bond motifs is 3. The minimum atomic E-state index is 0. The third-order valence-electron chi connectivity index (χ3n) is 3.91. The third kappa shape index (κ3) is 3.10. The number of allylic oxidation sites excluding steroid dienone is 4. The van der Waals surface area contributed by atoms with Gasteiger partial charge in [-0.3, -0.25) is 0 Å². The van der Waals surface area contributed by atoms with Crippen molar-refractivity contribution in [3.63, 3.8) is 0 Å². The quantitative estimate of drug-likeness (QED) is 0.385. The van der Waals surface area contributed by atoms with Gasteiger partial charge in [0, 0.05) is 31.8 Å².